The highest BCUT2D eigenvalue weighted by molar-refractivity contribution is 6.28. The van der Waals surface area contributed by atoms with Crippen molar-refractivity contribution in [1.29, 1.82) is 0 Å². The Morgan fingerprint density at radius 2 is 2.35 bits per heavy atom. The van der Waals surface area contributed by atoms with E-state index in [2.05, 4.69) is 20.9 Å². The van der Waals surface area contributed by atoms with Crippen LogP contribution in [0.25, 0.3) is 11.2 Å². The Labute approximate surface area is 121 Å². The summed E-state index contributed by atoms with van der Waals surface area (Å²) in [4.78, 5) is 12.3. The van der Waals surface area contributed by atoms with Gasteiger partial charge in [-0.2, -0.15) is 9.97 Å². The monoisotopic (exact) mass is 291 g/mol. The van der Waals surface area contributed by atoms with Gasteiger partial charge in [0.05, 0.1) is 17.8 Å². The average Bonchev–Trinajstić information content (AvgIpc) is 2.92. The molecular weight excluding hydrogens is 278 g/mol. The summed E-state index contributed by atoms with van der Waals surface area (Å²) in [5.41, 5.74) is 6.33. The Bertz CT molecular complexity index is 721. The molecule has 0 spiro atoms. The van der Waals surface area contributed by atoms with Crippen LogP contribution in [0, 0.1) is 17.8 Å². The fraction of sp³-hybridized carbons (Fsp3) is 0.462. The molecule has 2 aromatic rings. The first kappa shape index (κ1) is 13.2. The molecule has 1 aliphatic rings. The minimum atomic E-state index is -0.551. The molecule has 20 heavy (non-hydrogen) atoms. The number of anilines is 1. The zero-order chi connectivity index (χ0) is 14.5. The topological polar surface area (TPSA) is 89.9 Å². The molecule has 2 aromatic heterocycles. The van der Waals surface area contributed by atoms with Crippen molar-refractivity contribution < 1.29 is 5.11 Å². The maximum atomic E-state index is 10.1. The Balaban J connectivity index is 2.07. The van der Waals surface area contributed by atoms with Crippen LogP contribution in [0.15, 0.2) is 6.33 Å². The summed E-state index contributed by atoms with van der Waals surface area (Å²) >= 11 is 5.85. The lowest BCUT2D eigenvalue weighted by atomic mass is 9.88. The van der Waals surface area contributed by atoms with E-state index in [1.807, 2.05) is 11.5 Å². The molecule has 3 N–H and O–H groups in total. The summed E-state index contributed by atoms with van der Waals surface area (Å²) < 4.78 is 1.87. The van der Waals surface area contributed by atoms with E-state index in [1.165, 1.54) is 0 Å². The number of imidazole rings is 1. The highest BCUT2D eigenvalue weighted by Gasteiger charge is 2.43. The molecule has 0 saturated heterocycles. The molecule has 0 aromatic carbocycles. The summed E-state index contributed by atoms with van der Waals surface area (Å²) in [6.45, 7) is 1.88. The van der Waals surface area contributed by atoms with Crippen molar-refractivity contribution in [2.45, 2.75) is 31.9 Å². The normalized spacial score (nSPS) is 29.7. The van der Waals surface area contributed by atoms with Crippen molar-refractivity contribution in [2.24, 2.45) is 5.41 Å². The number of aromatic nitrogens is 4. The van der Waals surface area contributed by atoms with E-state index in [9.17, 15) is 5.11 Å². The van der Waals surface area contributed by atoms with E-state index in [1.54, 1.807) is 6.33 Å². The van der Waals surface area contributed by atoms with Gasteiger partial charge >= 0.3 is 0 Å². The number of hydrogen-bond donors (Lipinski definition) is 2. The van der Waals surface area contributed by atoms with E-state index < -0.39 is 11.5 Å². The molecule has 104 valence electrons. The Morgan fingerprint density at radius 1 is 1.60 bits per heavy atom. The maximum Gasteiger partial charge on any atom is 0.226 e. The van der Waals surface area contributed by atoms with Crippen molar-refractivity contribution >= 4 is 28.6 Å². The van der Waals surface area contributed by atoms with Gasteiger partial charge in [-0.15, -0.1) is 6.42 Å². The third-order valence-corrected chi connectivity index (χ3v) is 4.20. The van der Waals surface area contributed by atoms with Crippen LogP contribution in [0.3, 0.4) is 0 Å². The molecule has 0 aliphatic heterocycles. The van der Waals surface area contributed by atoms with E-state index >= 15 is 0 Å². The summed E-state index contributed by atoms with van der Waals surface area (Å²) in [5.74, 6) is 2.93. The number of fused-ring (bicyclic) bond motifs is 1. The zero-order valence-corrected chi connectivity index (χ0v) is 11.7. The molecular formula is C13H14ClN5O. The fourth-order valence-electron chi connectivity index (χ4n) is 2.77. The number of nitrogens with two attached hydrogens (primary N) is 1. The van der Waals surface area contributed by atoms with E-state index in [0.717, 1.165) is 0 Å². The minimum absolute atomic E-state index is 0.0152. The van der Waals surface area contributed by atoms with Crippen LogP contribution in [-0.2, 0) is 0 Å². The van der Waals surface area contributed by atoms with Crippen LogP contribution in [0.4, 0.5) is 5.82 Å². The predicted molar refractivity (Wildman–Crippen MR) is 76.0 cm³/mol. The third-order valence-electron chi connectivity index (χ3n) is 4.03. The standard InChI is InChI=1S/C13H14ClN5O/c1-3-13(2)5-7(4-8(13)20)19-6-16-9-10(15)17-12(14)18-11(9)19/h1,6-8,20H,4-5H2,2H3,(H2,15,17,18)/t7-,8-,13+/m1/s1. The number of halogens is 1. The summed E-state index contributed by atoms with van der Waals surface area (Å²) in [6, 6.07) is 0.0152. The smallest absolute Gasteiger partial charge is 0.226 e. The Hall–Kier alpha value is -1.84. The molecule has 1 aliphatic carbocycles. The molecule has 3 atom stereocenters. The van der Waals surface area contributed by atoms with Gasteiger partial charge in [0.2, 0.25) is 5.28 Å². The van der Waals surface area contributed by atoms with Gasteiger partial charge in [0.25, 0.3) is 0 Å². The van der Waals surface area contributed by atoms with Crippen LogP contribution in [-0.4, -0.2) is 30.7 Å². The largest absolute Gasteiger partial charge is 0.391 e. The summed E-state index contributed by atoms with van der Waals surface area (Å²) in [5, 5.41) is 10.2. The van der Waals surface area contributed by atoms with Crippen LogP contribution in [0.1, 0.15) is 25.8 Å². The predicted octanol–water partition coefficient (Wildman–Crippen LogP) is 1.40. The zero-order valence-electron chi connectivity index (χ0n) is 10.9. The lowest BCUT2D eigenvalue weighted by Gasteiger charge is -2.20. The van der Waals surface area contributed by atoms with Crippen LogP contribution < -0.4 is 5.73 Å². The molecule has 2 heterocycles. The van der Waals surface area contributed by atoms with Crippen molar-refractivity contribution in [2.75, 3.05) is 5.73 Å². The molecule has 0 amide bonds. The highest BCUT2D eigenvalue weighted by Crippen LogP contribution is 2.44. The van der Waals surface area contributed by atoms with Gasteiger partial charge in [-0.3, -0.25) is 0 Å². The second kappa shape index (κ2) is 4.33. The molecule has 3 rings (SSSR count). The van der Waals surface area contributed by atoms with Gasteiger partial charge in [0.15, 0.2) is 11.5 Å². The Morgan fingerprint density at radius 3 is 3.00 bits per heavy atom. The fourth-order valence-corrected chi connectivity index (χ4v) is 2.94. The molecule has 1 saturated carbocycles. The second-order valence-corrected chi connectivity index (χ2v) is 5.71. The molecule has 7 heteroatoms. The van der Waals surface area contributed by atoms with Gasteiger partial charge in [-0.05, 0) is 31.4 Å². The first-order valence-electron chi connectivity index (χ1n) is 6.26. The molecule has 0 unspecified atom stereocenters. The highest BCUT2D eigenvalue weighted by atomic mass is 35.5. The quantitative estimate of drug-likeness (QED) is 0.612. The number of aliphatic hydroxyl groups excluding tert-OH is 1. The lowest BCUT2D eigenvalue weighted by Crippen LogP contribution is -2.23. The van der Waals surface area contributed by atoms with Crippen molar-refractivity contribution in [1.82, 2.24) is 19.5 Å². The third kappa shape index (κ3) is 1.82. The van der Waals surface area contributed by atoms with E-state index in [4.69, 9.17) is 23.8 Å². The number of nitrogen functional groups attached to an aromatic ring is 1. The number of rotatable bonds is 1. The second-order valence-electron chi connectivity index (χ2n) is 5.37. The first-order valence-corrected chi connectivity index (χ1v) is 6.64. The van der Waals surface area contributed by atoms with Gasteiger partial charge in [0, 0.05) is 6.04 Å². The SMILES string of the molecule is C#C[C@@]1(C)C[C@H](n2cnc3c(N)nc(Cl)nc32)C[C@H]1O. The molecule has 0 bridgehead atoms. The lowest BCUT2D eigenvalue weighted by molar-refractivity contribution is 0.104. The minimum Gasteiger partial charge on any atom is -0.391 e. The number of terminal acetylenes is 1. The Kier molecular flexibility index (Phi) is 2.85. The maximum absolute atomic E-state index is 10.1. The van der Waals surface area contributed by atoms with Crippen molar-refractivity contribution in [3.8, 4) is 12.3 Å². The molecule has 0 radical (unpaired) electrons. The van der Waals surface area contributed by atoms with Crippen LogP contribution in [0.2, 0.25) is 5.28 Å². The van der Waals surface area contributed by atoms with Gasteiger partial charge < -0.3 is 15.4 Å². The number of hydrogen-bond acceptors (Lipinski definition) is 5. The van der Waals surface area contributed by atoms with Gasteiger partial charge in [-0.25, -0.2) is 4.98 Å². The van der Waals surface area contributed by atoms with E-state index in [0.29, 0.717) is 24.0 Å². The summed E-state index contributed by atoms with van der Waals surface area (Å²) in [6.07, 6.45) is 7.83. The number of aliphatic hydroxyl groups is 1. The molecule has 1 fully saturated rings. The van der Waals surface area contributed by atoms with Gasteiger partial charge in [0.1, 0.15) is 5.52 Å². The van der Waals surface area contributed by atoms with Crippen LogP contribution in [0.5, 0.6) is 0 Å². The van der Waals surface area contributed by atoms with Gasteiger partial charge in [-0.1, -0.05) is 5.92 Å². The van der Waals surface area contributed by atoms with Crippen LogP contribution >= 0.6 is 11.6 Å². The summed E-state index contributed by atoms with van der Waals surface area (Å²) in [7, 11) is 0. The van der Waals surface area contributed by atoms with Crippen molar-refractivity contribution in [3.05, 3.63) is 11.6 Å². The van der Waals surface area contributed by atoms with Crippen molar-refractivity contribution in [3.63, 3.8) is 0 Å². The van der Waals surface area contributed by atoms with E-state index in [-0.39, 0.29) is 17.1 Å². The number of nitrogens with zero attached hydrogens (tertiary/aromatic N) is 4. The average molecular weight is 292 g/mol. The molecule has 6 nitrogen and oxygen atoms in total. The first-order chi connectivity index (χ1) is 9.44.